The molecule has 1 aromatic carbocycles. The standard InChI is InChI=1S/C34H56N6O7/c1-19(2)26(30(42)40-29(21(5)6)23(8)41)16-11-22(7)33(45)47-18-24-12-14-25(15-13-24)38-31(43)27(10-9-17-37-34(36)46)39-32(44)28(35)20(3)4/h12-15,19-22,26-29H,9-11,16-18,35H2,1-8H3,(H,38,43)(H,39,44)(H,40,42)(H3,36,37,46)/t22?,26-,27-,28-,29-/m0/s1. The predicted octanol–water partition coefficient (Wildman–Crippen LogP) is 3.00. The van der Waals surface area contributed by atoms with Crippen LogP contribution in [0.4, 0.5) is 10.5 Å². The Bertz CT molecular complexity index is 1200. The van der Waals surface area contributed by atoms with Crippen LogP contribution in [-0.2, 0) is 35.3 Å². The second-order valence-electron chi connectivity index (χ2n) is 13.2. The molecule has 0 fully saturated rings. The number of primary amides is 1. The Balaban J connectivity index is 2.73. The smallest absolute Gasteiger partial charge is 0.312 e. The van der Waals surface area contributed by atoms with Crippen molar-refractivity contribution < 1.29 is 33.5 Å². The Labute approximate surface area is 279 Å². The highest BCUT2D eigenvalue weighted by Gasteiger charge is 2.29. The van der Waals surface area contributed by atoms with E-state index in [0.29, 0.717) is 30.5 Å². The summed E-state index contributed by atoms with van der Waals surface area (Å²) in [7, 11) is 0. The lowest BCUT2D eigenvalue weighted by Gasteiger charge is -2.26. The van der Waals surface area contributed by atoms with E-state index in [2.05, 4.69) is 21.3 Å². The average molecular weight is 661 g/mol. The van der Waals surface area contributed by atoms with Crippen LogP contribution in [-0.4, -0.2) is 60.2 Å². The minimum atomic E-state index is -0.892. The first-order chi connectivity index (χ1) is 21.9. The van der Waals surface area contributed by atoms with Crippen molar-refractivity contribution >= 4 is 41.2 Å². The van der Waals surface area contributed by atoms with Crippen molar-refractivity contribution in [2.24, 2.45) is 41.1 Å². The van der Waals surface area contributed by atoms with Crippen LogP contribution in [0.3, 0.4) is 0 Å². The van der Waals surface area contributed by atoms with Gasteiger partial charge in [0.05, 0.1) is 18.0 Å². The van der Waals surface area contributed by atoms with Crippen molar-refractivity contribution in [3.05, 3.63) is 29.8 Å². The lowest BCUT2D eigenvalue weighted by atomic mass is 9.87. The Morgan fingerprint density at radius 3 is 1.89 bits per heavy atom. The number of benzene rings is 1. The number of urea groups is 1. The van der Waals surface area contributed by atoms with E-state index in [-0.39, 0.29) is 54.9 Å². The molecule has 0 aliphatic carbocycles. The highest BCUT2D eigenvalue weighted by Crippen LogP contribution is 2.22. The molecule has 0 saturated carbocycles. The minimum Gasteiger partial charge on any atom is -0.461 e. The molecule has 1 rings (SSSR count). The van der Waals surface area contributed by atoms with Crippen LogP contribution in [0.2, 0.25) is 0 Å². The van der Waals surface area contributed by atoms with E-state index in [9.17, 15) is 28.8 Å². The van der Waals surface area contributed by atoms with Gasteiger partial charge in [0.1, 0.15) is 12.6 Å². The van der Waals surface area contributed by atoms with Gasteiger partial charge in [-0.15, -0.1) is 0 Å². The SMILES string of the molecule is CC(=O)[C@@H](NC(=O)[C@@H](CCC(C)C(=O)OCc1ccc(NC(=O)[C@H](CCCNC(N)=O)NC(=O)[C@@H](N)C(C)C)cc1)C(C)C)C(C)C. The molecule has 5 amide bonds. The molecule has 0 bridgehead atoms. The number of nitrogens with one attached hydrogen (secondary N) is 4. The largest absolute Gasteiger partial charge is 0.461 e. The van der Waals surface area contributed by atoms with Crippen molar-refractivity contribution in [3.63, 3.8) is 0 Å². The van der Waals surface area contributed by atoms with Crippen LogP contribution in [0.15, 0.2) is 24.3 Å². The summed E-state index contributed by atoms with van der Waals surface area (Å²) < 4.78 is 5.52. The number of ketones is 1. The lowest BCUT2D eigenvalue weighted by molar-refractivity contribution is -0.150. The van der Waals surface area contributed by atoms with Crippen LogP contribution in [0.5, 0.6) is 0 Å². The Morgan fingerprint density at radius 2 is 1.38 bits per heavy atom. The number of nitrogens with two attached hydrogens (primary N) is 2. The monoisotopic (exact) mass is 660 g/mol. The van der Waals surface area contributed by atoms with Crippen LogP contribution in [0.25, 0.3) is 0 Å². The number of carbonyl (C=O) groups excluding carboxylic acids is 6. The molecule has 1 unspecified atom stereocenters. The molecular weight excluding hydrogens is 604 g/mol. The molecule has 0 saturated heterocycles. The normalized spacial score (nSPS) is 14.5. The number of amides is 5. The van der Waals surface area contributed by atoms with E-state index in [1.807, 2.05) is 27.7 Å². The third-order valence-electron chi connectivity index (χ3n) is 8.08. The maximum absolute atomic E-state index is 13.1. The number of anilines is 1. The summed E-state index contributed by atoms with van der Waals surface area (Å²) in [6.45, 7) is 14.8. The van der Waals surface area contributed by atoms with E-state index in [4.69, 9.17) is 16.2 Å². The Kier molecular flexibility index (Phi) is 17.7. The van der Waals surface area contributed by atoms with Gasteiger partial charge in [-0.05, 0) is 68.1 Å². The first-order valence-electron chi connectivity index (χ1n) is 16.4. The summed E-state index contributed by atoms with van der Waals surface area (Å²) in [5.41, 5.74) is 12.2. The van der Waals surface area contributed by atoms with E-state index in [0.717, 1.165) is 0 Å². The highest BCUT2D eigenvalue weighted by molar-refractivity contribution is 5.97. The number of Topliss-reactive ketones (excluding diaryl/α,β-unsaturated/α-hetero) is 1. The van der Waals surface area contributed by atoms with Gasteiger partial charge < -0.3 is 37.5 Å². The molecule has 0 heterocycles. The van der Waals surface area contributed by atoms with E-state index in [1.165, 1.54) is 6.92 Å². The van der Waals surface area contributed by atoms with Gasteiger partial charge in [0.15, 0.2) is 5.78 Å². The van der Waals surface area contributed by atoms with E-state index < -0.39 is 47.9 Å². The van der Waals surface area contributed by atoms with Gasteiger partial charge >= 0.3 is 12.0 Å². The van der Waals surface area contributed by atoms with Crippen molar-refractivity contribution in [2.75, 3.05) is 11.9 Å². The number of carbonyl (C=O) groups is 6. The van der Waals surface area contributed by atoms with Gasteiger partial charge in [0, 0.05) is 18.2 Å². The second kappa shape index (κ2) is 20.3. The van der Waals surface area contributed by atoms with E-state index in [1.54, 1.807) is 45.0 Å². The fourth-order valence-corrected chi connectivity index (χ4v) is 4.88. The van der Waals surface area contributed by atoms with Gasteiger partial charge in [-0.25, -0.2) is 4.79 Å². The maximum atomic E-state index is 13.1. The first kappa shape index (κ1) is 41.0. The summed E-state index contributed by atoms with van der Waals surface area (Å²) in [6, 6.07) is 3.85. The quantitative estimate of drug-likeness (QED) is 0.0902. The molecule has 47 heavy (non-hydrogen) atoms. The molecule has 0 radical (unpaired) electrons. The lowest BCUT2D eigenvalue weighted by Crippen LogP contribution is -2.51. The predicted molar refractivity (Wildman–Crippen MR) is 181 cm³/mol. The fourth-order valence-electron chi connectivity index (χ4n) is 4.88. The number of hydrogen-bond acceptors (Lipinski definition) is 8. The van der Waals surface area contributed by atoms with Crippen LogP contribution >= 0.6 is 0 Å². The molecule has 264 valence electrons. The molecule has 13 nitrogen and oxygen atoms in total. The van der Waals surface area contributed by atoms with Crippen LogP contribution in [0, 0.1) is 29.6 Å². The topological polar surface area (TPSA) is 212 Å². The molecule has 0 aliphatic rings. The third-order valence-corrected chi connectivity index (χ3v) is 8.08. The fraction of sp³-hybridized carbons (Fsp3) is 0.647. The highest BCUT2D eigenvalue weighted by atomic mass is 16.5. The summed E-state index contributed by atoms with van der Waals surface area (Å²) in [5, 5.41) is 10.8. The Hall–Kier alpha value is -4.00. The summed E-state index contributed by atoms with van der Waals surface area (Å²) in [4.78, 5) is 74.2. The molecule has 1 aromatic rings. The second-order valence-corrected chi connectivity index (χ2v) is 13.2. The van der Waals surface area contributed by atoms with Gasteiger partial charge in [0.2, 0.25) is 17.7 Å². The first-order valence-corrected chi connectivity index (χ1v) is 16.4. The average Bonchev–Trinajstić information content (AvgIpc) is 2.99. The molecule has 0 aromatic heterocycles. The molecular formula is C34H56N6O7. The zero-order valence-corrected chi connectivity index (χ0v) is 29.2. The number of ether oxygens (including phenoxy) is 1. The van der Waals surface area contributed by atoms with Crippen molar-refractivity contribution in [1.29, 1.82) is 0 Å². The van der Waals surface area contributed by atoms with Crippen molar-refractivity contribution in [1.82, 2.24) is 16.0 Å². The molecule has 5 atom stereocenters. The molecule has 0 aliphatic heterocycles. The van der Waals surface area contributed by atoms with Crippen molar-refractivity contribution in [2.45, 2.75) is 106 Å². The van der Waals surface area contributed by atoms with Crippen LogP contribution < -0.4 is 32.7 Å². The van der Waals surface area contributed by atoms with Gasteiger partial charge in [0.25, 0.3) is 0 Å². The summed E-state index contributed by atoms with van der Waals surface area (Å²) in [6.07, 6.45) is 1.56. The molecule has 13 heteroatoms. The van der Waals surface area contributed by atoms with E-state index >= 15 is 0 Å². The zero-order chi connectivity index (χ0) is 35.8. The van der Waals surface area contributed by atoms with Crippen LogP contribution in [0.1, 0.15) is 86.6 Å². The minimum absolute atomic E-state index is 0.0227. The Morgan fingerprint density at radius 1 is 0.766 bits per heavy atom. The van der Waals surface area contributed by atoms with Gasteiger partial charge in [-0.1, -0.05) is 60.6 Å². The molecule has 8 N–H and O–H groups in total. The van der Waals surface area contributed by atoms with Gasteiger partial charge in [-0.3, -0.25) is 24.0 Å². The van der Waals surface area contributed by atoms with Gasteiger partial charge in [-0.2, -0.15) is 0 Å². The number of rotatable bonds is 20. The number of esters is 1. The zero-order valence-electron chi connectivity index (χ0n) is 29.2. The number of hydrogen-bond donors (Lipinski definition) is 6. The molecule has 0 spiro atoms. The summed E-state index contributed by atoms with van der Waals surface area (Å²) >= 11 is 0. The summed E-state index contributed by atoms with van der Waals surface area (Å²) in [5.74, 6) is -2.47. The maximum Gasteiger partial charge on any atom is 0.312 e. The van der Waals surface area contributed by atoms with Crippen molar-refractivity contribution in [3.8, 4) is 0 Å². The third kappa shape index (κ3) is 15.0.